The summed E-state index contributed by atoms with van der Waals surface area (Å²) in [6.45, 7) is 0. The fourth-order valence-electron chi connectivity index (χ4n) is 1.52. The second-order valence-electron chi connectivity index (χ2n) is 2.84. The van der Waals surface area contributed by atoms with E-state index < -0.39 is 0 Å². The van der Waals surface area contributed by atoms with E-state index in [2.05, 4.69) is 5.32 Å². The summed E-state index contributed by atoms with van der Waals surface area (Å²) in [7, 11) is 2.00. The molecule has 0 saturated heterocycles. The van der Waals surface area contributed by atoms with Crippen LogP contribution in [0.15, 0.2) is 0 Å². The molecular formula is C7H16N2. The van der Waals surface area contributed by atoms with Gasteiger partial charge in [0.2, 0.25) is 0 Å². The maximum absolute atomic E-state index is 5.83. The summed E-state index contributed by atoms with van der Waals surface area (Å²) in [5.41, 5.74) is 5.83. The first-order valence-electron chi connectivity index (χ1n) is 3.77. The minimum atomic E-state index is 0.406. The van der Waals surface area contributed by atoms with E-state index in [9.17, 15) is 0 Å². The van der Waals surface area contributed by atoms with Crippen molar-refractivity contribution in [1.29, 1.82) is 0 Å². The third kappa shape index (κ3) is 1.66. The zero-order chi connectivity index (χ0) is 6.69. The standard InChI is InChI=1S/C7H16N2/c1-9-7-5-3-2-4-6(7)8/h6-7,9H,2-5,8H2,1H3/t6-,7?/m0/s1. The molecule has 0 aromatic heterocycles. The van der Waals surface area contributed by atoms with Crippen LogP contribution in [0.3, 0.4) is 0 Å². The first-order valence-corrected chi connectivity index (χ1v) is 3.77. The Morgan fingerprint density at radius 2 is 2.00 bits per heavy atom. The van der Waals surface area contributed by atoms with Gasteiger partial charge in [0.05, 0.1) is 0 Å². The Bertz CT molecular complexity index is 83.0. The predicted octanol–water partition coefficient (Wildman–Crippen LogP) is 0.476. The number of hydrogen-bond donors (Lipinski definition) is 2. The zero-order valence-corrected chi connectivity index (χ0v) is 6.06. The van der Waals surface area contributed by atoms with Gasteiger partial charge in [-0.15, -0.1) is 0 Å². The van der Waals surface area contributed by atoms with Crippen LogP contribution in [0.5, 0.6) is 0 Å². The van der Waals surface area contributed by atoms with E-state index in [-0.39, 0.29) is 0 Å². The number of nitrogens with one attached hydrogen (secondary N) is 1. The van der Waals surface area contributed by atoms with Gasteiger partial charge < -0.3 is 11.1 Å². The lowest BCUT2D eigenvalue weighted by atomic mass is 9.91. The highest BCUT2D eigenvalue weighted by Gasteiger charge is 2.18. The van der Waals surface area contributed by atoms with Crippen molar-refractivity contribution in [1.82, 2.24) is 5.32 Å². The largest absolute Gasteiger partial charge is 0.326 e. The summed E-state index contributed by atoms with van der Waals surface area (Å²) in [6.07, 6.45) is 5.13. The van der Waals surface area contributed by atoms with Gasteiger partial charge in [0.1, 0.15) is 0 Å². The Kier molecular flexibility index (Phi) is 2.49. The fraction of sp³-hybridized carbons (Fsp3) is 1.00. The maximum Gasteiger partial charge on any atom is 0.0216 e. The van der Waals surface area contributed by atoms with E-state index in [1.807, 2.05) is 7.05 Å². The third-order valence-corrected chi connectivity index (χ3v) is 2.19. The molecule has 1 saturated carbocycles. The molecule has 9 heavy (non-hydrogen) atoms. The van der Waals surface area contributed by atoms with E-state index in [1.165, 1.54) is 25.7 Å². The van der Waals surface area contributed by atoms with Crippen molar-refractivity contribution in [3.8, 4) is 0 Å². The smallest absolute Gasteiger partial charge is 0.0216 e. The van der Waals surface area contributed by atoms with Crippen LogP contribution in [0.25, 0.3) is 0 Å². The molecule has 3 N–H and O–H groups in total. The SMILES string of the molecule is CNC1CCCC[C@@H]1N. The monoisotopic (exact) mass is 128 g/mol. The molecule has 1 aliphatic rings. The molecule has 2 nitrogen and oxygen atoms in total. The van der Waals surface area contributed by atoms with Crippen LogP contribution in [0.4, 0.5) is 0 Å². The lowest BCUT2D eigenvalue weighted by Crippen LogP contribution is -2.45. The van der Waals surface area contributed by atoms with Crippen molar-refractivity contribution >= 4 is 0 Å². The first kappa shape index (κ1) is 7.03. The van der Waals surface area contributed by atoms with E-state index in [0.717, 1.165) is 0 Å². The Labute approximate surface area is 56.8 Å². The number of likely N-dealkylation sites (N-methyl/N-ethyl adjacent to an activating group) is 1. The molecule has 0 bridgehead atoms. The summed E-state index contributed by atoms with van der Waals surface area (Å²) in [5.74, 6) is 0. The topological polar surface area (TPSA) is 38.0 Å². The minimum absolute atomic E-state index is 0.406. The molecule has 0 radical (unpaired) electrons. The minimum Gasteiger partial charge on any atom is -0.326 e. The van der Waals surface area contributed by atoms with Crippen molar-refractivity contribution in [2.24, 2.45) is 5.73 Å². The van der Waals surface area contributed by atoms with E-state index in [1.54, 1.807) is 0 Å². The summed E-state index contributed by atoms with van der Waals surface area (Å²) >= 11 is 0. The molecule has 1 unspecified atom stereocenters. The van der Waals surface area contributed by atoms with Crippen LogP contribution in [0, 0.1) is 0 Å². The molecule has 0 heterocycles. The van der Waals surface area contributed by atoms with Crippen LogP contribution in [-0.2, 0) is 0 Å². The Balaban J connectivity index is 2.30. The molecule has 1 rings (SSSR count). The maximum atomic E-state index is 5.83. The molecule has 2 atom stereocenters. The average Bonchev–Trinajstić information content (AvgIpc) is 1.89. The summed E-state index contributed by atoms with van der Waals surface area (Å²) in [6, 6.07) is 0.988. The van der Waals surface area contributed by atoms with Crippen LogP contribution >= 0.6 is 0 Å². The Morgan fingerprint density at radius 3 is 2.44 bits per heavy atom. The van der Waals surface area contributed by atoms with Crippen LogP contribution in [0.2, 0.25) is 0 Å². The van der Waals surface area contributed by atoms with E-state index >= 15 is 0 Å². The van der Waals surface area contributed by atoms with Crippen molar-refractivity contribution in [3.63, 3.8) is 0 Å². The number of nitrogens with two attached hydrogens (primary N) is 1. The van der Waals surface area contributed by atoms with Gasteiger partial charge in [-0.2, -0.15) is 0 Å². The van der Waals surface area contributed by atoms with E-state index in [4.69, 9.17) is 5.73 Å². The van der Waals surface area contributed by atoms with Gasteiger partial charge in [-0.1, -0.05) is 12.8 Å². The van der Waals surface area contributed by atoms with Crippen molar-refractivity contribution < 1.29 is 0 Å². The van der Waals surface area contributed by atoms with Gasteiger partial charge >= 0.3 is 0 Å². The van der Waals surface area contributed by atoms with Gasteiger partial charge in [0, 0.05) is 12.1 Å². The molecule has 54 valence electrons. The van der Waals surface area contributed by atoms with Gasteiger partial charge in [0.15, 0.2) is 0 Å². The highest BCUT2D eigenvalue weighted by Crippen LogP contribution is 2.15. The zero-order valence-electron chi connectivity index (χ0n) is 6.06. The summed E-state index contributed by atoms with van der Waals surface area (Å²) in [5, 5.41) is 3.23. The third-order valence-electron chi connectivity index (χ3n) is 2.19. The average molecular weight is 128 g/mol. The lowest BCUT2D eigenvalue weighted by Gasteiger charge is -2.27. The molecule has 0 aliphatic heterocycles. The second kappa shape index (κ2) is 3.18. The number of rotatable bonds is 1. The van der Waals surface area contributed by atoms with Crippen LogP contribution in [-0.4, -0.2) is 19.1 Å². The molecule has 2 heteroatoms. The van der Waals surface area contributed by atoms with Gasteiger partial charge in [-0.25, -0.2) is 0 Å². The quantitative estimate of drug-likeness (QED) is 0.539. The summed E-state index contributed by atoms with van der Waals surface area (Å²) in [4.78, 5) is 0. The second-order valence-corrected chi connectivity index (χ2v) is 2.84. The molecule has 0 spiro atoms. The lowest BCUT2D eigenvalue weighted by molar-refractivity contribution is 0.344. The Morgan fingerprint density at radius 1 is 1.33 bits per heavy atom. The first-order chi connectivity index (χ1) is 4.34. The summed E-state index contributed by atoms with van der Waals surface area (Å²) < 4.78 is 0. The predicted molar refractivity (Wildman–Crippen MR) is 39.3 cm³/mol. The van der Waals surface area contributed by atoms with Crippen molar-refractivity contribution in [2.75, 3.05) is 7.05 Å². The molecule has 1 fully saturated rings. The van der Waals surface area contributed by atoms with Crippen LogP contribution < -0.4 is 11.1 Å². The van der Waals surface area contributed by atoms with Crippen molar-refractivity contribution in [2.45, 2.75) is 37.8 Å². The highest BCUT2D eigenvalue weighted by molar-refractivity contribution is 4.81. The van der Waals surface area contributed by atoms with Gasteiger partial charge in [0.25, 0.3) is 0 Å². The molecule has 1 aliphatic carbocycles. The molecule has 0 aromatic carbocycles. The van der Waals surface area contributed by atoms with Crippen LogP contribution in [0.1, 0.15) is 25.7 Å². The Hall–Kier alpha value is -0.0800. The molecule has 0 amide bonds. The van der Waals surface area contributed by atoms with Crippen molar-refractivity contribution in [3.05, 3.63) is 0 Å². The fourth-order valence-corrected chi connectivity index (χ4v) is 1.52. The molecular weight excluding hydrogens is 112 g/mol. The van der Waals surface area contributed by atoms with Gasteiger partial charge in [-0.3, -0.25) is 0 Å². The highest BCUT2D eigenvalue weighted by atomic mass is 14.9. The molecule has 0 aromatic rings. The van der Waals surface area contributed by atoms with E-state index in [0.29, 0.717) is 12.1 Å². The normalized spacial score (nSPS) is 36.7. The number of hydrogen-bond acceptors (Lipinski definition) is 2. The van der Waals surface area contributed by atoms with Gasteiger partial charge in [-0.05, 0) is 19.9 Å².